The van der Waals surface area contributed by atoms with Gasteiger partial charge in [-0.05, 0) is 24.6 Å². The lowest BCUT2D eigenvalue weighted by atomic mass is 10.2. The van der Waals surface area contributed by atoms with E-state index < -0.39 is 0 Å². The molecule has 7 heteroatoms. The first kappa shape index (κ1) is 11.9. The molecule has 19 heavy (non-hydrogen) atoms. The molecule has 2 aromatic heterocycles. The van der Waals surface area contributed by atoms with Gasteiger partial charge < -0.3 is 9.73 Å². The van der Waals surface area contributed by atoms with Crippen molar-refractivity contribution in [2.24, 2.45) is 0 Å². The molecule has 0 unspecified atom stereocenters. The van der Waals surface area contributed by atoms with E-state index in [1.54, 1.807) is 11.6 Å². The smallest absolute Gasteiger partial charge is 0.408 e. The molecule has 2 heterocycles. The minimum atomic E-state index is -0.373. The summed E-state index contributed by atoms with van der Waals surface area (Å²) < 4.78 is 6.78. The zero-order valence-electron chi connectivity index (χ0n) is 10.5. The summed E-state index contributed by atoms with van der Waals surface area (Å²) in [6.07, 6.45) is 0. The van der Waals surface area contributed by atoms with E-state index in [1.807, 2.05) is 25.1 Å². The fourth-order valence-electron chi connectivity index (χ4n) is 1.88. The Morgan fingerprint density at radius 3 is 3.00 bits per heavy atom. The molecule has 0 aliphatic carbocycles. The molecule has 98 valence electrons. The van der Waals surface area contributed by atoms with Crippen LogP contribution >= 0.6 is 11.3 Å². The predicted octanol–water partition coefficient (Wildman–Crippen LogP) is 1.84. The fourth-order valence-corrected chi connectivity index (χ4v) is 2.56. The summed E-state index contributed by atoms with van der Waals surface area (Å²) in [6, 6.07) is 5.65. The molecule has 3 rings (SSSR count). The summed E-state index contributed by atoms with van der Waals surface area (Å²) in [5, 5.41) is 12.4. The number of hydrogen-bond acceptors (Lipinski definition) is 6. The van der Waals surface area contributed by atoms with Crippen LogP contribution in [0.4, 0.5) is 5.13 Å². The second kappa shape index (κ2) is 4.51. The molecule has 0 atom stereocenters. The van der Waals surface area contributed by atoms with Crippen molar-refractivity contribution in [2.75, 3.05) is 12.4 Å². The van der Waals surface area contributed by atoms with E-state index >= 15 is 0 Å². The van der Waals surface area contributed by atoms with Crippen molar-refractivity contribution in [3.8, 4) is 0 Å². The van der Waals surface area contributed by atoms with Gasteiger partial charge in [-0.15, -0.1) is 10.2 Å². The molecule has 0 fully saturated rings. The first-order valence-electron chi connectivity index (χ1n) is 5.77. The molecule has 0 bridgehead atoms. The van der Waals surface area contributed by atoms with Crippen LogP contribution in [0.15, 0.2) is 27.4 Å². The van der Waals surface area contributed by atoms with Crippen LogP contribution in [-0.2, 0) is 6.54 Å². The summed E-state index contributed by atoms with van der Waals surface area (Å²) in [5.74, 6) is -0.373. The second-order valence-electron chi connectivity index (χ2n) is 4.18. The number of anilines is 1. The van der Waals surface area contributed by atoms with E-state index in [0.29, 0.717) is 12.1 Å². The third kappa shape index (κ3) is 2.12. The van der Waals surface area contributed by atoms with Gasteiger partial charge >= 0.3 is 5.76 Å². The highest BCUT2D eigenvalue weighted by molar-refractivity contribution is 7.15. The molecule has 1 aromatic carbocycles. The second-order valence-corrected chi connectivity index (χ2v) is 5.24. The maximum absolute atomic E-state index is 11.9. The van der Waals surface area contributed by atoms with Gasteiger partial charge in [0.1, 0.15) is 5.01 Å². The van der Waals surface area contributed by atoms with Gasteiger partial charge in [0.05, 0.1) is 12.1 Å². The Kier molecular flexibility index (Phi) is 2.83. The lowest BCUT2D eigenvalue weighted by Gasteiger charge is -1.98. The molecule has 0 spiro atoms. The summed E-state index contributed by atoms with van der Waals surface area (Å²) in [4.78, 5) is 11.9. The number of benzene rings is 1. The average molecular weight is 276 g/mol. The Morgan fingerprint density at radius 2 is 2.26 bits per heavy atom. The van der Waals surface area contributed by atoms with Crippen LogP contribution in [0.1, 0.15) is 10.6 Å². The lowest BCUT2D eigenvalue weighted by Crippen LogP contribution is -2.14. The molecule has 0 radical (unpaired) electrons. The van der Waals surface area contributed by atoms with Crippen molar-refractivity contribution in [2.45, 2.75) is 13.5 Å². The van der Waals surface area contributed by atoms with Crippen LogP contribution in [0.25, 0.3) is 11.1 Å². The molecule has 6 nitrogen and oxygen atoms in total. The van der Waals surface area contributed by atoms with E-state index in [1.165, 1.54) is 11.3 Å². The molecule has 0 aliphatic rings. The van der Waals surface area contributed by atoms with E-state index in [2.05, 4.69) is 15.5 Å². The summed E-state index contributed by atoms with van der Waals surface area (Å²) in [6.45, 7) is 2.35. The predicted molar refractivity (Wildman–Crippen MR) is 73.8 cm³/mol. The standard InChI is InChI=1S/C12H12N4O2S/c1-7-3-4-9-8(5-7)16(12(17)18-9)6-10-14-15-11(13-2)19-10/h3-5H,6H2,1-2H3,(H,13,15). The van der Waals surface area contributed by atoms with Crippen molar-refractivity contribution in [3.05, 3.63) is 39.3 Å². The van der Waals surface area contributed by atoms with Gasteiger partial charge in [-0.2, -0.15) is 0 Å². The highest BCUT2D eigenvalue weighted by Crippen LogP contribution is 2.19. The van der Waals surface area contributed by atoms with Crippen LogP contribution in [0, 0.1) is 6.92 Å². The van der Waals surface area contributed by atoms with Gasteiger partial charge in [0.25, 0.3) is 0 Å². The van der Waals surface area contributed by atoms with Crippen LogP contribution < -0.4 is 11.1 Å². The zero-order valence-corrected chi connectivity index (χ0v) is 11.3. The molecule has 3 aromatic rings. The number of rotatable bonds is 3. The first-order valence-corrected chi connectivity index (χ1v) is 6.59. The van der Waals surface area contributed by atoms with Crippen molar-refractivity contribution < 1.29 is 4.42 Å². The molecular formula is C12H12N4O2S. The van der Waals surface area contributed by atoms with Crippen LogP contribution in [0.3, 0.4) is 0 Å². The minimum absolute atomic E-state index is 0.370. The van der Waals surface area contributed by atoms with Crippen LogP contribution in [-0.4, -0.2) is 21.8 Å². The largest absolute Gasteiger partial charge is 0.420 e. The molecular weight excluding hydrogens is 264 g/mol. The number of hydrogen-bond donors (Lipinski definition) is 1. The lowest BCUT2D eigenvalue weighted by molar-refractivity contribution is 0.517. The Balaban J connectivity index is 2.06. The number of nitrogens with one attached hydrogen (secondary N) is 1. The van der Waals surface area contributed by atoms with E-state index in [4.69, 9.17) is 4.42 Å². The molecule has 0 saturated heterocycles. The van der Waals surface area contributed by atoms with E-state index in [0.717, 1.165) is 21.2 Å². The van der Waals surface area contributed by atoms with Crippen molar-refractivity contribution in [1.29, 1.82) is 0 Å². The molecule has 0 aliphatic heterocycles. The Morgan fingerprint density at radius 1 is 1.42 bits per heavy atom. The maximum Gasteiger partial charge on any atom is 0.420 e. The molecule has 1 N–H and O–H groups in total. The van der Waals surface area contributed by atoms with Gasteiger partial charge in [-0.1, -0.05) is 17.4 Å². The van der Waals surface area contributed by atoms with Gasteiger partial charge in [0.2, 0.25) is 5.13 Å². The highest BCUT2D eigenvalue weighted by Gasteiger charge is 2.12. The van der Waals surface area contributed by atoms with Gasteiger partial charge in [0.15, 0.2) is 5.58 Å². The Labute approximate surface area is 112 Å². The number of fused-ring (bicyclic) bond motifs is 1. The van der Waals surface area contributed by atoms with Gasteiger partial charge in [0, 0.05) is 7.05 Å². The minimum Gasteiger partial charge on any atom is -0.408 e. The van der Waals surface area contributed by atoms with Gasteiger partial charge in [-0.25, -0.2) is 4.79 Å². The Bertz CT molecular complexity index is 786. The van der Waals surface area contributed by atoms with Crippen molar-refractivity contribution in [1.82, 2.24) is 14.8 Å². The third-order valence-corrected chi connectivity index (χ3v) is 3.72. The third-order valence-electron chi connectivity index (χ3n) is 2.80. The number of oxazole rings is 1. The fraction of sp³-hybridized carbons (Fsp3) is 0.250. The van der Waals surface area contributed by atoms with Crippen molar-refractivity contribution >= 4 is 27.6 Å². The number of aromatic nitrogens is 3. The number of nitrogens with zero attached hydrogens (tertiary/aromatic N) is 3. The SMILES string of the molecule is CNc1nnc(Cn2c(=O)oc3ccc(C)cc32)s1. The maximum atomic E-state index is 11.9. The topological polar surface area (TPSA) is 73.0 Å². The van der Waals surface area contributed by atoms with Crippen LogP contribution in [0.5, 0.6) is 0 Å². The van der Waals surface area contributed by atoms with Gasteiger partial charge in [-0.3, -0.25) is 4.57 Å². The average Bonchev–Trinajstić information content (AvgIpc) is 2.96. The molecule has 0 saturated carbocycles. The Hall–Kier alpha value is -2.15. The summed E-state index contributed by atoms with van der Waals surface area (Å²) in [5.41, 5.74) is 2.45. The molecule has 0 amide bonds. The quantitative estimate of drug-likeness (QED) is 0.790. The summed E-state index contributed by atoms with van der Waals surface area (Å²) in [7, 11) is 1.78. The normalized spacial score (nSPS) is 11.1. The first-order chi connectivity index (χ1) is 9.17. The zero-order chi connectivity index (χ0) is 13.4. The van der Waals surface area contributed by atoms with Crippen LogP contribution in [0.2, 0.25) is 0 Å². The summed E-state index contributed by atoms with van der Waals surface area (Å²) >= 11 is 1.42. The van der Waals surface area contributed by atoms with E-state index in [9.17, 15) is 4.79 Å². The number of aryl methyl sites for hydroxylation is 1. The monoisotopic (exact) mass is 276 g/mol. The van der Waals surface area contributed by atoms with Crippen molar-refractivity contribution in [3.63, 3.8) is 0 Å². The van der Waals surface area contributed by atoms with E-state index in [-0.39, 0.29) is 5.76 Å². The highest BCUT2D eigenvalue weighted by atomic mass is 32.1.